The average molecular weight is 546 g/mol. The highest BCUT2D eigenvalue weighted by Crippen LogP contribution is 2.37. The fourth-order valence-corrected chi connectivity index (χ4v) is 4.54. The van der Waals surface area contributed by atoms with E-state index in [2.05, 4.69) is 41.5 Å². The van der Waals surface area contributed by atoms with Gasteiger partial charge in [0.05, 0.1) is 35.3 Å². The van der Waals surface area contributed by atoms with Gasteiger partial charge in [-0.25, -0.2) is 14.8 Å². The lowest BCUT2D eigenvalue weighted by molar-refractivity contribution is -0.192. The third-order valence-corrected chi connectivity index (χ3v) is 6.86. The molecular formula is C26H30F3N7O3. The lowest BCUT2D eigenvalue weighted by Gasteiger charge is -2.25. The van der Waals surface area contributed by atoms with Crippen LogP contribution in [0.2, 0.25) is 0 Å². The Bertz CT molecular complexity index is 1540. The number of anilines is 1. The van der Waals surface area contributed by atoms with Gasteiger partial charge >= 0.3 is 12.1 Å². The minimum absolute atomic E-state index is 0.205. The van der Waals surface area contributed by atoms with Crippen LogP contribution in [0.25, 0.3) is 16.6 Å². The van der Waals surface area contributed by atoms with E-state index in [4.69, 9.17) is 14.9 Å². The summed E-state index contributed by atoms with van der Waals surface area (Å²) in [4.78, 5) is 30.9. The van der Waals surface area contributed by atoms with Crippen molar-refractivity contribution in [1.29, 1.82) is 0 Å². The highest BCUT2D eigenvalue weighted by atomic mass is 19.4. The number of aliphatic carboxylic acids is 1. The van der Waals surface area contributed by atoms with Crippen molar-refractivity contribution in [3.05, 3.63) is 53.7 Å². The van der Waals surface area contributed by atoms with E-state index in [1.165, 1.54) is 0 Å². The number of carbonyl (C=O) groups is 2. The van der Waals surface area contributed by atoms with E-state index in [9.17, 15) is 18.0 Å². The molecule has 0 saturated carbocycles. The molecule has 4 aromatic rings. The molecule has 208 valence electrons. The first-order chi connectivity index (χ1) is 18.1. The molecule has 3 N–H and O–H groups in total. The van der Waals surface area contributed by atoms with Crippen LogP contribution < -0.4 is 10.6 Å². The Balaban J connectivity index is 0.000000448. The van der Waals surface area contributed by atoms with Gasteiger partial charge in [-0.1, -0.05) is 26.8 Å². The zero-order valence-corrected chi connectivity index (χ0v) is 22.2. The molecule has 10 nitrogen and oxygen atoms in total. The van der Waals surface area contributed by atoms with Gasteiger partial charge in [0.2, 0.25) is 0 Å². The molecule has 0 bridgehead atoms. The molecule has 13 heteroatoms. The second kappa shape index (κ2) is 10.3. The Morgan fingerprint density at radius 2 is 1.87 bits per heavy atom. The van der Waals surface area contributed by atoms with Gasteiger partial charge in [-0.2, -0.15) is 18.3 Å². The summed E-state index contributed by atoms with van der Waals surface area (Å²) in [5, 5.41) is 19.1. The second-order valence-corrected chi connectivity index (χ2v) is 10.7. The smallest absolute Gasteiger partial charge is 0.475 e. The van der Waals surface area contributed by atoms with Gasteiger partial charge in [0, 0.05) is 24.2 Å². The molecule has 5 rings (SSSR count). The van der Waals surface area contributed by atoms with E-state index >= 15 is 0 Å². The Hall–Kier alpha value is -4.00. The molecule has 1 saturated heterocycles. The number of aryl methyl sites for hydroxylation is 2. The molecule has 1 fully saturated rings. The first-order valence-corrected chi connectivity index (χ1v) is 12.3. The summed E-state index contributed by atoms with van der Waals surface area (Å²) in [5.41, 5.74) is 4.50. The number of rotatable bonds is 3. The van der Waals surface area contributed by atoms with Crippen LogP contribution in [0.5, 0.6) is 0 Å². The molecule has 1 amide bonds. The van der Waals surface area contributed by atoms with Crippen molar-refractivity contribution in [1.82, 2.24) is 29.5 Å². The standard InChI is InChI=1S/C24H29N7O.C2HF3O2/c1-14-17-7-6-15(8-20(17)30(5)29-14)23(32)28-21-13-31-12-19(27-22(31)11-26-21)18-9-16(10-25-18)24(2,3)4;3-2(4,5)1(6)7/h6-8,11-13,16,18,25H,9-10H2,1-5H3,(H,28,32);(H,6,7). The summed E-state index contributed by atoms with van der Waals surface area (Å²) in [6, 6.07) is 5.85. The van der Waals surface area contributed by atoms with Crippen LogP contribution >= 0.6 is 0 Å². The Kier molecular flexibility index (Phi) is 7.39. The topological polar surface area (TPSA) is 126 Å². The number of nitrogens with zero attached hydrogens (tertiary/aromatic N) is 5. The number of hydrogen-bond donors (Lipinski definition) is 3. The number of benzene rings is 1. The largest absolute Gasteiger partial charge is 0.490 e. The number of alkyl halides is 3. The molecule has 1 aliphatic heterocycles. The molecule has 2 unspecified atom stereocenters. The Labute approximate surface area is 222 Å². The highest BCUT2D eigenvalue weighted by Gasteiger charge is 2.38. The number of hydrogen-bond acceptors (Lipinski definition) is 6. The van der Waals surface area contributed by atoms with Gasteiger partial charge in [0.15, 0.2) is 5.65 Å². The van der Waals surface area contributed by atoms with Crippen molar-refractivity contribution in [2.45, 2.75) is 46.3 Å². The molecular weight excluding hydrogens is 515 g/mol. The number of aromatic nitrogens is 5. The summed E-state index contributed by atoms with van der Waals surface area (Å²) in [5.74, 6) is -1.86. The van der Waals surface area contributed by atoms with Gasteiger partial charge in [-0.15, -0.1) is 0 Å². The maximum absolute atomic E-state index is 12.8. The predicted molar refractivity (Wildman–Crippen MR) is 138 cm³/mol. The number of carbonyl (C=O) groups excluding carboxylic acids is 1. The monoisotopic (exact) mass is 545 g/mol. The molecule has 3 aromatic heterocycles. The van der Waals surface area contributed by atoms with E-state index in [0.29, 0.717) is 17.3 Å². The van der Waals surface area contributed by atoms with Crippen LogP contribution in [0.4, 0.5) is 19.0 Å². The number of amides is 1. The SMILES string of the molecule is Cc1nn(C)c2cc(C(=O)Nc3cn4cc(C5CC(C(C)(C)C)CN5)nc4cn3)ccc12.O=C(O)C(F)(F)F. The third kappa shape index (κ3) is 6.19. The lowest BCUT2D eigenvalue weighted by Crippen LogP contribution is -2.22. The maximum Gasteiger partial charge on any atom is 0.490 e. The van der Waals surface area contributed by atoms with Crippen molar-refractivity contribution >= 4 is 34.2 Å². The van der Waals surface area contributed by atoms with Gasteiger partial charge in [-0.3, -0.25) is 9.48 Å². The first kappa shape index (κ1) is 28.0. The van der Waals surface area contributed by atoms with Gasteiger partial charge in [-0.05, 0) is 43.4 Å². The number of imidazole rings is 1. The normalized spacial score (nSPS) is 17.7. The van der Waals surface area contributed by atoms with Crippen molar-refractivity contribution in [3.8, 4) is 0 Å². The van der Waals surface area contributed by atoms with E-state index in [1.807, 2.05) is 49.0 Å². The van der Waals surface area contributed by atoms with E-state index in [1.54, 1.807) is 10.9 Å². The third-order valence-electron chi connectivity index (χ3n) is 6.86. The highest BCUT2D eigenvalue weighted by molar-refractivity contribution is 6.05. The zero-order valence-electron chi connectivity index (χ0n) is 22.2. The molecule has 0 radical (unpaired) electrons. The summed E-state index contributed by atoms with van der Waals surface area (Å²) < 4.78 is 35.5. The Morgan fingerprint density at radius 1 is 1.18 bits per heavy atom. The minimum Gasteiger partial charge on any atom is -0.475 e. The fourth-order valence-electron chi connectivity index (χ4n) is 4.54. The minimum atomic E-state index is -5.08. The molecule has 2 atom stereocenters. The van der Waals surface area contributed by atoms with Crippen molar-refractivity contribution in [2.24, 2.45) is 18.4 Å². The summed E-state index contributed by atoms with van der Waals surface area (Å²) in [7, 11) is 1.88. The lowest BCUT2D eigenvalue weighted by atomic mass is 9.79. The number of halogens is 3. The second-order valence-electron chi connectivity index (χ2n) is 10.7. The number of carboxylic acids is 1. The number of nitrogens with one attached hydrogen (secondary N) is 2. The predicted octanol–water partition coefficient (Wildman–Crippen LogP) is 4.51. The molecule has 0 aliphatic carbocycles. The van der Waals surface area contributed by atoms with E-state index in [0.717, 1.165) is 40.9 Å². The van der Waals surface area contributed by atoms with E-state index in [-0.39, 0.29) is 17.4 Å². The van der Waals surface area contributed by atoms with Crippen molar-refractivity contribution < 1.29 is 27.9 Å². The van der Waals surface area contributed by atoms with E-state index < -0.39 is 12.1 Å². The van der Waals surface area contributed by atoms with Gasteiger partial charge < -0.3 is 20.1 Å². The Morgan fingerprint density at radius 3 is 2.49 bits per heavy atom. The van der Waals surface area contributed by atoms with Crippen molar-refractivity contribution in [2.75, 3.05) is 11.9 Å². The fraction of sp³-hybridized carbons (Fsp3) is 0.423. The molecule has 1 aromatic carbocycles. The van der Waals surface area contributed by atoms with Crippen LogP contribution in [0.15, 0.2) is 36.8 Å². The van der Waals surface area contributed by atoms with Gasteiger partial charge in [0.25, 0.3) is 5.91 Å². The van der Waals surface area contributed by atoms with Crippen LogP contribution in [-0.4, -0.2) is 53.9 Å². The van der Waals surface area contributed by atoms with Crippen LogP contribution in [0.3, 0.4) is 0 Å². The summed E-state index contributed by atoms with van der Waals surface area (Å²) >= 11 is 0. The molecule has 0 spiro atoms. The quantitative estimate of drug-likeness (QED) is 0.346. The number of fused-ring (bicyclic) bond motifs is 2. The molecule has 39 heavy (non-hydrogen) atoms. The number of carboxylic acid groups (broad SMARTS) is 1. The van der Waals surface area contributed by atoms with Crippen LogP contribution in [0, 0.1) is 18.3 Å². The molecule has 4 heterocycles. The van der Waals surface area contributed by atoms with Gasteiger partial charge in [0.1, 0.15) is 5.82 Å². The van der Waals surface area contributed by atoms with Crippen LogP contribution in [0.1, 0.15) is 55.0 Å². The van der Waals surface area contributed by atoms with Crippen molar-refractivity contribution in [3.63, 3.8) is 0 Å². The molecule has 1 aliphatic rings. The first-order valence-electron chi connectivity index (χ1n) is 12.3. The maximum atomic E-state index is 12.8. The van der Waals surface area contributed by atoms with Crippen LogP contribution in [-0.2, 0) is 11.8 Å². The summed E-state index contributed by atoms with van der Waals surface area (Å²) in [6.45, 7) is 9.83. The average Bonchev–Trinajstić information content (AvgIpc) is 3.56. The zero-order chi connectivity index (χ0) is 28.7. The summed E-state index contributed by atoms with van der Waals surface area (Å²) in [6.07, 6.45) is 1.52.